The fourth-order valence-electron chi connectivity index (χ4n) is 4.50. The average Bonchev–Trinajstić information content (AvgIpc) is 3.21. The molecule has 1 spiro atoms. The third kappa shape index (κ3) is 2.39. The summed E-state index contributed by atoms with van der Waals surface area (Å²) in [5, 5.41) is 8.06. The van der Waals surface area contributed by atoms with E-state index in [1.807, 2.05) is 44.2 Å². The third-order valence-corrected chi connectivity index (χ3v) is 6.06. The molecular weight excluding hydrogens is 388 g/mol. The number of aryl methyl sites for hydroxylation is 1. The zero-order chi connectivity index (χ0) is 20.3. The molecule has 2 aliphatic rings. The van der Waals surface area contributed by atoms with Crippen LogP contribution >= 0.6 is 11.6 Å². The number of anilines is 2. The number of nitrogens with zero attached hydrogens (tertiary/aromatic N) is 3. The predicted octanol–water partition coefficient (Wildman–Crippen LogP) is 3.83. The highest BCUT2D eigenvalue weighted by molar-refractivity contribution is 6.30. The Labute approximate surface area is 173 Å². The fourth-order valence-corrected chi connectivity index (χ4v) is 4.62. The van der Waals surface area contributed by atoms with Crippen molar-refractivity contribution in [3.05, 3.63) is 70.4 Å². The molecule has 3 aromatic rings. The first-order chi connectivity index (χ1) is 14.0. The number of fused-ring (bicyclic) bond motifs is 4. The first-order valence-corrected chi connectivity index (χ1v) is 9.91. The molecule has 2 amide bonds. The van der Waals surface area contributed by atoms with Crippen molar-refractivity contribution in [3.8, 4) is 5.69 Å². The topological polar surface area (TPSA) is 67.2 Å². The minimum Gasteiger partial charge on any atom is -0.311 e. The first kappa shape index (κ1) is 17.9. The van der Waals surface area contributed by atoms with Crippen LogP contribution < -0.4 is 10.2 Å². The molecule has 146 valence electrons. The molecule has 1 N–H and O–H groups in total. The Morgan fingerprint density at radius 1 is 1.14 bits per heavy atom. The molecule has 3 heterocycles. The minimum absolute atomic E-state index is 0.0676. The average molecular weight is 407 g/mol. The number of halogens is 1. The SMILES string of the molecule is CCN1C(=O)C2(CC(=O)Nc3c2cnn3-c2ccc(Cl)cc2)c2cc(C)ccc21. The largest absolute Gasteiger partial charge is 0.311 e. The standard InChI is InChI=1S/C22H19ClN4O2/c1-3-26-18-9-4-13(2)10-16(18)22(21(26)29)11-19(28)25-20-17(22)12-24-27(20)15-7-5-14(23)6-8-15/h4-10,12H,3,11H2,1-2H3,(H,25,28). The van der Waals surface area contributed by atoms with E-state index in [-0.39, 0.29) is 18.2 Å². The molecule has 1 aromatic heterocycles. The number of rotatable bonds is 2. The van der Waals surface area contributed by atoms with Crippen LogP contribution in [0.1, 0.15) is 30.0 Å². The van der Waals surface area contributed by atoms with Crippen molar-refractivity contribution in [1.82, 2.24) is 9.78 Å². The molecule has 0 saturated carbocycles. The maximum absolute atomic E-state index is 13.7. The van der Waals surface area contributed by atoms with Gasteiger partial charge in [-0.1, -0.05) is 29.3 Å². The van der Waals surface area contributed by atoms with E-state index in [2.05, 4.69) is 10.4 Å². The molecule has 1 unspecified atom stereocenters. The quantitative estimate of drug-likeness (QED) is 0.703. The molecule has 1 atom stereocenters. The molecular formula is C22H19ClN4O2. The summed E-state index contributed by atoms with van der Waals surface area (Å²) >= 11 is 6.01. The lowest BCUT2D eigenvalue weighted by Gasteiger charge is -2.32. The van der Waals surface area contributed by atoms with Crippen LogP contribution in [-0.4, -0.2) is 28.1 Å². The second kappa shape index (κ2) is 6.19. The summed E-state index contributed by atoms with van der Waals surface area (Å²) in [6.07, 6.45) is 1.77. The van der Waals surface area contributed by atoms with E-state index < -0.39 is 5.41 Å². The van der Waals surface area contributed by atoms with Crippen molar-refractivity contribution in [2.24, 2.45) is 0 Å². The van der Waals surface area contributed by atoms with Gasteiger partial charge in [0.15, 0.2) is 0 Å². The van der Waals surface area contributed by atoms with E-state index in [1.165, 1.54) is 0 Å². The van der Waals surface area contributed by atoms with Crippen LogP contribution in [0.5, 0.6) is 0 Å². The van der Waals surface area contributed by atoms with Gasteiger partial charge in [-0.25, -0.2) is 4.68 Å². The molecule has 29 heavy (non-hydrogen) atoms. The van der Waals surface area contributed by atoms with Crippen molar-refractivity contribution >= 4 is 34.9 Å². The van der Waals surface area contributed by atoms with Crippen LogP contribution in [0.2, 0.25) is 5.02 Å². The zero-order valence-electron chi connectivity index (χ0n) is 16.1. The Bertz CT molecular complexity index is 1170. The summed E-state index contributed by atoms with van der Waals surface area (Å²) in [4.78, 5) is 28.2. The second-order valence-corrected chi connectivity index (χ2v) is 7.93. The summed E-state index contributed by atoms with van der Waals surface area (Å²) in [5.41, 5.74) is 3.21. The van der Waals surface area contributed by atoms with Gasteiger partial charge in [-0.05, 0) is 49.7 Å². The molecule has 0 radical (unpaired) electrons. The molecule has 0 saturated heterocycles. The summed E-state index contributed by atoms with van der Waals surface area (Å²) in [6, 6.07) is 13.2. The van der Waals surface area contributed by atoms with Gasteiger partial charge in [-0.15, -0.1) is 0 Å². The van der Waals surface area contributed by atoms with E-state index in [4.69, 9.17) is 11.6 Å². The Morgan fingerprint density at radius 2 is 1.90 bits per heavy atom. The number of hydrogen-bond acceptors (Lipinski definition) is 3. The van der Waals surface area contributed by atoms with Crippen LogP contribution in [0.15, 0.2) is 48.7 Å². The van der Waals surface area contributed by atoms with Gasteiger partial charge in [0, 0.05) is 29.2 Å². The van der Waals surface area contributed by atoms with E-state index in [9.17, 15) is 9.59 Å². The molecule has 6 nitrogen and oxygen atoms in total. The van der Waals surface area contributed by atoms with Crippen LogP contribution in [-0.2, 0) is 15.0 Å². The van der Waals surface area contributed by atoms with E-state index in [1.54, 1.807) is 27.9 Å². The predicted molar refractivity (Wildman–Crippen MR) is 112 cm³/mol. The molecule has 2 aliphatic heterocycles. The van der Waals surface area contributed by atoms with Gasteiger partial charge in [-0.2, -0.15) is 5.10 Å². The van der Waals surface area contributed by atoms with E-state index in [0.717, 1.165) is 28.1 Å². The summed E-state index contributed by atoms with van der Waals surface area (Å²) in [5.74, 6) is 0.252. The Balaban J connectivity index is 1.77. The minimum atomic E-state index is -1.06. The number of likely N-dealkylation sites (N-methyl/N-ethyl adjacent to an activating group) is 1. The Hall–Kier alpha value is -3.12. The van der Waals surface area contributed by atoms with Crippen LogP contribution in [0.4, 0.5) is 11.5 Å². The van der Waals surface area contributed by atoms with Gasteiger partial charge >= 0.3 is 0 Å². The van der Waals surface area contributed by atoms with Crippen molar-refractivity contribution in [3.63, 3.8) is 0 Å². The number of benzene rings is 2. The highest BCUT2D eigenvalue weighted by Crippen LogP contribution is 2.52. The summed E-state index contributed by atoms with van der Waals surface area (Å²) < 4.78 is 1.65. The van der Waals surface area contributed by atoms with Gasteiger partial charge in [0.2, 0.25) is 11.8 Å². The number of hydrogen-bond donors (Lipinski definition) is 1. The van der Waals surface area contributed by atoms with Crippen LogP contribution in [0, 0.1) is 6.92 Å². The lowest BCUT2D eigenvalue weighted by Crippen LogP contribution is -2.46. The second-order valence-electron chi connectivity index (χ2n) is 7.50. The van der Waals surface area contributed by atoms with Crippen LogP contribution in [0.3, 0.4) is 0 Å². The van der Waals surface area contributed by atoms with Crippen molar-refractivity contribution in [2.45, 2.75) is 25.7 Å². The van der Waals surface area contributed by atoms with E-state index in [0.29, 0.717) is 17.4 Å². The first-order valence-electron chi connectivity index (χ1n) is 9.53. The molecule has 5 rings (SSSR count). The highest BCUT2D eigenvalue weighted by Gasteiger charge is 2.56. The molecule has 0 fully saturated rings. The Morgan fingerprint density at radius 3 is 2.62 bits per heavy atom. The summed E-state index contributed by atoms with van der Waals surface area (Å²) in [6.45, 7) is 4.48. The maximum Gasteiger partial charge on any atom is 0.242 e. The number of carbonyl (C=O) groups excluding carboxylic acids is 2. The monoisotopic (exact) mass is 406 g/mol. The molecule has 0 aliphatic carbocycles. The number of nitrogens with one attached hydrogen (secondary N) is 1. The van der Waals surface area contributed by atoms with Crippen molar-refractivity contribution < 1.29 is 9.59 Å². The highest BCUT2D eigenvalue weighted by atomic mass is 35.5. The van der Waals surface area contributed by atoms with Gasteiger partial charge in [-0.3, -0.25) is 9.59 Å². The summed E-state index contributed by atoms with van der Waals surface area (Å²) in [7, 11) is 0. The smallest absolute Gasteiger partial charge is 0.242 e. The maximum atomic E-state index is 13.7. The van der Waals surface area contributed by atoms with Gasteiger partial charge < -0.3 is 10.2 Å². The van der Waals surface area contributed by atoms with Gasteiger partial charge in [0.05, 0.1) is 11.9 Å². The zero-order valence-corrected chi connectivity index (χ0v) is 16.8. The molecule has 7 heteroatoms. The fraction of sp³-hybridized carbons (Fsp3) is 0.227. The molecule has 0 bridgehead atoms. The number of carbonyl (C=O) groups is 2. The lowest BCUT2D eigenvalue weighted by molar-refractivity contribution is -0.126. The number of amides is 2. The van der Waals surface area contributed by atoms with Crippen molar-refractivity contribution in [2.75, 3.05) is 16.8 Å². The number of aromatic nitrogens is 2. The van der Waals surface area contributed by atoms with Crippen LogP contribution in [0.25, 0.3) is 5.69 Å². The van der Waals surface area contributed by atoms with Crippen molar-refractivity contribution in [1.29, 1.82) is 0 Å². The normalized spacial score (nSPS) is 20.0. The van der Waals surface area contributed by atoms with Gasteiger partial charge in [0.1, 0.15) is 11.2 Å². The molecule has 2 aromatic carbocycles. The Kier molecular flexibility index (Phi) is 3.83. The van der Waals surface area contributed by atoms with E-state index >= 15 is 0 Å². The third-order valence-electron chi connectivity index (χ3n) is 5.81. The lowest BCUT2D eigenvalue weighted by atomic mass is 9.71. The van der Waals surface area contributed by atoms with Gasteiger partial charge in [0.25, 0.3) is 0 Å².